The number of hydrogen-bond donors (Lipinski definition) is 0. The van der Waals surface area contributed by atoms with Crippen LogP contribution < -0.4 is 0 Å². The molecule has 1 heterocycles. The smallest absolute Gasteiger partial charge is 0.180 e. The number of carbonyl (C=O) groups is 1. The highest BCUT2D eigenvalue weighted by molar-refractivity contribution is 5.95. The van der Waals surface area contributed by atoms with Crippen molar-refractivity contribution in [3.8, 4) is 11.1 Å². The van der Waals surface area contributed by atoms with Crippen molar-refractivity contribution in [2.24, 2.45) is 0 Å². The van der Waals surface area contributed by atoms with Crippen LogP contribution in [0.15, 0.2) is 48.7 Å². The van der Waals surface area contributed by atoms with Crippen LogP contribution >= 0.6 is 0 Å². The van der Waals surface area contributed by atoms with Gasteiger partial charge in [0.05, 0.1) is 0 Å². The molecule has 0 saturated heterocycles. The van der Waals surface area contributed by atoms with E-state index in [4.69, 9.17) is 0 Å². The number of benzene rings is 1. The van der Waals surface area contributed by atoms with Crippen molar-refractivity contribution < 1.29 is 4.79 Å². The predicted molar refractivity (Wildman–Crippen MR) is 64.3 cm³/mol. The Labute approximate surface area is 95.0 Å². The van der Waals surface area contributed by atoms with Gasteiger partial charge in [-0.2, -0.15) is 0 Å². The quantitative estimate of drug-likeness (QED) is 0.729. The number of nitrogens with zero attached hydrogens (tertiary/aromatic N) is 1. The van der Waals surface area contributed by atoms with Gasteiger partial charge >= 0.3 is 0 Å². The molecule has 80 valence electrons. The summed E-state index contributed by atoms with van der Waals surface area (Å²) in [6, 6.07) is 13.8. The fourth-order valence-electron chi connectivity index (χ4n) is 1.57. The first-order valence-corrected chi connectivity index (χ1v) is 5.36. The lowest BCUT2D eigenvalue weighted by Gasteiger charge is -2.03. The molecule has 0 fully saturated rings. The molecular formula is C14H13NO. The maximum Gasteiger partial charge on any atom is 0.180 e. The van der Waals surface area contributed by atoms with E-state index in [9.17, 15) is 4.79 Å². The van der Waals surface area contributed by atoms with Crippen molar-refractivity contribution in [3.05, 3.63) is 54.4 Å². The number of pyridine rings is 1. The Morgan fingerprint density at radius 3 is 2.56 bits per heavy atom. The molecule has 2 aromatic rings. The van der Waals surface area contributed by atoms with Crippen molar-refractivity contribution in [2.75, 3.05) is 0 Å². The molecule has 16 heavy (non-hydrogen) atoms. The zero-order valence-corrected chi connectivity index (χ0v) is 9.18. The Bertz CT molecular complexity index is 491. The Morgan fingerprint density at radius 1 is 1.12 bits per heavy atom. The number of ketones is 1. The molecular weight excluding hydrogens is 198 g/mol. The molecule has 0 saturated carbocycles. The van der Waals surface area contributed by atoms with Gasteiger partial charge in [0.25, 0.3) is 0 Å². The highest BCUT2D eigenvalue weighted by Crippen LogP contribution is 2.19. The summed E-state index contributed by atoms with van der Waals surface area (Å²) in [6.07, 6.45) is 2.18. The third kappa shape index (κ3) is 2.16. The average Bonchev–Trinajstić information content (AvgIpc) is 2.39. The topological polar surface area (TPSA) is 30.0 Å². The minimum Gasteiger partial charge on any atom is -0.292 e. The molecule has 0 unspecified atom stereocenters. The van der Waals surface area contributed by atoms with E-state index in [2.05, 4.69) is 4.98 Å². The van der Waals surface area contributed by atoms with Crippen LogP contribution in [0.2, 0.25) is 0 Å². The first-order valence-electron chi connectivity index (χ1n) is 5.36. The molecule has 0 bridgehead atoms. The second kappa shape index (κ2) is 4.71. The van der Waals surface area contributed by atoms with Crippen molar-refractivity contribution >= 4 is 5.78 Å². The molecule has 0 radical (unpaired) electrons. The third-order valence-electron chi connectivity index (χ3n) is 2.47. The summed E-state index contributed by atoms with van der Waals surface area (Å²) < 4.78 is 0. The fraction of sp³-hybridized carbons (Fsp3) is 0.143. The Kier molecular flexibility index (Phi) is 3.10. The average molecular weight is 211 g/mol. The normalized spacial score (nSPS) is 10.1. The Balaban J connectivity index is 2.40. The lowest BCUT2D eigenvalue weighted by atomic mass is 10.0. The molecule has 0 N–H and O–H groups in total. The van der Waals surface area contributed by atoms with E-state index in [-0.39, 0.29) is 5.78 Å². The number of hydrogen-bond acceptors (Lipinski definition) is 2. The monoisotopic (exact) mass is 211 g/mol. The van der Waals surface area contributed by atoms with Crippen LogP contribution in [0.5, 0.6) is 0 Å². The van der Waals surface area contributed by atoms with Crippen molar-refractivity contribution in [3.63, 3.8) is 0 Å². The van der Waals surface area contributed by atoms with E-state index in [1.54, 1.807) is 6.20 Å². The van der Waals surface area contributed by atoms with Gasteiger partial charge in [-0.05, 0) is 23.3 Å². The summed E-state index contributed by atoms with van der Waals surface area (Å²) in [5, 5.41) is 0. The number of Topliss-reactive ketones (excluding diaryl/α,β-unsaturated/α-hetero) is 1. The molecule has 2 heteroatoms. The molecule has 1 aromatic carbocycles. The largest absolute Gasteiger partial charge is 0.292 e. The number of carbonyl (C=O) groups excluding carboxylic acids is 1. The van der Waals surface area contributed by atoms with E-state index < -0.39 is 0 Å². The van der Waals surface area contributed by atoms with Crippen molar-refractivity contribution in [2.45, 2.75) is 13.3 Å². The highest BCUT2D eigenvalue weighted by Gasteiger charge is 2.05. The van der Waals surface area contributed by atoms with E-state index in [0.29, 0.717) is 12.1 Å². The van der Waals surface area contributed by atoms with Crippen molar-refractivity contribution in [1.29, 1.82) is 0 Å². The second-order valence-electron chi connectivity index (χ2n) is 3.57. The van der Waals surface area contributed by atoms with Gasteiger partial charge in [-0.1, -0.05) is 37.3 Å². The van der Waals surface area contributed by atoms with Gasteiger partial charge in [0.2, 0.25) is 0 Å². The van der Waals surface area contributed by atoms with Gasteiger partial charge < -0.3 is 0 Å². The standard InChI is InChI=1S/C14H13NO/c1-2-14(16)13-10-12(8-9-15-13)11-6-4-3-5-7-11/h3-10H,2H2,1H3. The summed E-state index contributed by atoms with van der Waals surface area (Å²) in [7, 11) is 0. The summed E-state index contributed by atoms with van der Waals surface area (Å²) >= 11 is 0. The lowest BCUT2D eigenvalue weighted by molar-refractivity contribution is 0.0983. The lowest BCUT2D eigenvalue weighted by Crippen LogP contribution is -1.99. The van der Waals surface area contributed by atoms with Gasteiger partial charge in [0, 0.05) is 12.6 Å². The van der Waals surface area contributed by atoms with Crippen LogP contribution in [0.3, 0.4) is 0 Å². The molecule has 0 aliphatic carbocycles. The summed E-state index contributed by atoms with van der Waals surface area (Å²) in [5.41, 5.74) is 2.69. The van der Waals surface area contributed by atoms with Crippen LogP contribution in [0.25, 0.3) is 11.1 Å². The van der Waals surface area contributed by atoms with Crippen LogP contribution in [-0.4, -0.2) is 10.8 Å². The van der Waals surface area contributed by atoms with E-state index in [0.717, 1.165) is 11.1 Å². The van der Waals surface area contributed by atoms with Gasteiger partial charge in [-0.3, -0.25) is 9.78 Å². The minimum atomic E-state index is 0.0813. The summed E-state index contributed by atoms with van der Waals surface area (Å²) in [6.45, 7) is 1.85. The molecule has 0 aliphatic heterocycles. The summed E-state index contributed by atoms with van der Waals surface area (Å²) in [5.74, 6) is 0.0813. The Morgan fingerprint density at radius 2 is 1.88 bits per heavy atom. The molecule has 1 aromatic heterocycles. The van der Waals surface area contributed by atoms with Crippen LogP contribution in [-0.2, 0) is 0 Å². The maximum absolute atomic E-state index is 11.5. The van der Waals surface area contributed by atoms with Crippen molar-refractivity contribution in [1.82, 2.24) is 4.98 Å². The summed E-state index contributed by atoms with van der Waals surface area (Å²) in [4.78, 5) is 15.6. The SMILES string of the molecule is CCC(=O)c1cc(-c2ccccc2)ccn1. The molecule has 0 spiro atoms. The highest BCUT2D eigenvalue weighted by atomic mass is 16.1. The molecule has 0 aliphatic rings. The van der Waals surface area contributed by atoms with E-state index in [1.165, 1.54) is 0 Å². The van der Waals surface area contributed by atoms with Gasteiger partial charge in [-0.25, -0.2) is 0 Å². The molecule has 0 atom stereocenters. The first kappa shape index (κ1) is 10.6. The van der Waals surface area contributed by atoms with Crippen LogP contribution in [0, 0.1) is 0 Å². The van der Waals surface area contributed by atoms with Crippen LogP contribution in [0.4, 0.5) is 0 Å². The minimum absolute atomic E-state index is 0.0813. The fourth-order valence-corrected chi connectivity index (χ4v) is 1.57. The molecule has 2 rings (SSSR count). The third-order valence-corrected chi connectivity index (χ3v) is 2.47. The molecule has 0 amide bonds. The molecule has 2 nitrogen and oxygen atoms in total. The number of aromatic nitrogens is 1. The predicted octanol–water partition coefficient (Wildman–Crippen LogP) is 3.34. The zero-order valence-electron chi connectivity index (χ0n) is 9.18. The van der Waals surface area contributed by atoms with Gasteiger partial charge in [-0.15, -0.1) is 0 Å². The number of rotatable bonds is 3. The van der Waals surface area contributed by atoms with Crippen LogP contribution in [0.1, 0.15) is 23.8 Å². The van der Waals surface area contributed by atoms with E-state index >= 15 is 0 Å². The Hall–Kier alpha value is -1.96. The zero-order chi connectivity index (χ0) is 11.4. The second-order valence-corrected chi connectivity index (χ2v) is 3.57. The maximum atomic E-state index is 11.5. The van der Waals surface area contributed by atoms with E-state index in [1.807, 2.05) is 49.4 Å². The first-order chi connectivity index (χ1) is 7.81. The van der Waals surface area contributed by atoms with Gasteiger partial charge in [0.1, 0.15) is 5.69 Å². The van der Waals surface area contributed by atoms with Gasteiger partial charge in [0.15, 0.2) is 5.78 Å².